The molecule has 0 spiro atoms. The van der Waals surface area contributed by atoms with Gasteiger partial charge in [0.05, 0.1) is 17.2 Å². The monoisotopic (exact) mass is 437 g/mol. The number of aliphatic hydroxyl groups is 1. The molecule has 2 rings (SSSR count). The van der Waals surface area contributed by atoms with E-state index in [0.29, 0.717) is 11.4 Å². The van der Waals surface area contributed by atoms with Gasteiger partial charge in [-0.25, -0.2) is 4.98 Å². The maximum absolute atomic E-state index is 10.2. The zero-order chi connectivity index (χ0) is 15.3. The highest BCUT2D eigenvalue weighted by Gasteiger charge is 2.37. The molecule has 1 aromatic rings. The smallest absolute Gasteiger partial charge is 0.224 e. The molecular formula is C14H17ClIN3OS. The van der Waals surface area contributed by atoms with Crippen molar-refractivity contribution in [1.29, 1.82) is 0 Å². The van der Waals surface area contributed by atoms with E-state index in [1.54, 1.807) is 6.20 Å². The number of nitrogens with one attached hydrogen (secondary N) is 1. The number of hydrogen-bond donors (Lipinski definition) is 2. The molecule has 4 nitrogen and oxygen atoms in total. The zero-order valence-corrected chi connectivity index (χ0v) is 15.4. The van der Waals surface area contributed by atoms with Gasteiger partial charge in [0, 0.05) is 27.4 Å². The highest BCUT2D eigenvalue weighted by Crippen LogP contribution is 2.35. The lowest BCUT2D eigenvalue weighted by molar-refractivity contribution is 0.0874. The van der Waals surface area contributed by atoms with Crippen LogP contribution in [0.5, 0.6) is 0 Å². The Kier molecular flexibility index (Phi) is 6.41. The summed E-state index contributed by atoms with van der Waals surface area (Å²) in [6, 6.07) is 0. The van der Waals surface area contributed by atoms with E-state index in [1.807, 2.05) is 6.92 Å². The van der Waals surface area contributed by atoms with Gasteiger partial charge in [-0.3, -0.25) is 0 Å². The Morgan fingerprint density at radius 1 is 1.48 bits per heavy atom. The maximum Gasteiger partial charge on any atom is 0.224 e. The Morgan fingerprint density at radius 2 is 2.19 bits per heavy atom. The molecule has 1 aliphatic carbocycles. The van der Waals surface area contributed by atoms with E-state index in [1.165, 1.54) is 15.4 Å². The van der Waals surface area contributed by atoms with Crippen LogP contribution in [-0.4, -0.2) is 26.7 Å². The van der Waals surface area contributed by atoms with Crippen molar-refractivity contribution in [3.8, 4) is 11.2 Å². The third kappa shape index (κ3) is 4.38. The Bertz CT molecular complexity index is 553. The van der Waals surface area contributed by atoms with Crippen LogP contribution in [0.15, 0.2) is 6.20 Å². The van der Waals surface area contributed by atoms with E-state index in [-0.39, 0.29) is 10.8 Å². The number of aromatic nitrogens is 2. The van der Waals surface area contributed by atoms with E-state index in [0.717, 1.165) is 25.7 Å². The van der Waals surface area contributed by atoms with Crippen LogP contribution in [0.4, 0.5) is 5.82 Å². The molecule has 1 aromatic heterocycles. The summed E-state index contributed by atoms with van der Waals surface area (Å²) in [5.41, 5.74) is 0.346. The van der Waals surface area contributed by atoms with Gasteiger partial charge in [-0.15, -0.1) is 0 Å². The van der Waals surface area contributed by atoms with Crippen LogP contribution in [0.3, 0.4) is 0 Å². The quantitative estimate of drug-likeness (QED) is 0.425. The minimum atomic E-state index is -0.466. The van der Waals surface area contributed by atoms with E-state index in [4.69, 9.17) is 11.6 Å². The van der Waals surface area contributed by atoms with Crippen LogP contribution in [0, 0.1) is 11.2 Å². The normalized spacial score (nSPS) is 18.5. The van der Waals surface area contributed by atoms with Crippen molar-refractivity contribution in [1.82, 2.24) is 9.97 Å². The highest BCUT2D eigenvalue weighted by atomic mass is 127. The molecule has 0 aliphatic heterocycles. The lowest BCUT2D eigenvalue weighted by atomic mass is 9.78. The van der Waals surface area contributed by atoms with Gasteiger partial charge in [-0.1, -0.05) is 19.3 Å². The van der Waals surface area contributed by atoms with Gasteiger partial charge in [0.1, 0.15) is 5.82 Å². The number of anilines is 1. The molecular weight excluding hydrogens is 421 g/mol. The SMILES string of the molecule is CC(O)C1(Nc2nc(Cl)ncc2C#CSI)CCCCC1. The van der Waals surface area contributed by atoms with E-state index < -0.39 is 6.10 Å². The second kappa shape index (κ2) is 7.86. The molecule has 2 N–H and O–H groups in total. The molecule has 0 saturated heterocycles. The molecule has 114 valence electrons. The second-order valence-electron chi connectivity index (χ2n) is 5.22. The van der Waals surface area contributed by atoms with Crippen LogP contribution in [0.25, 0.3) is 0 Å². The topological polar surface area (TPSA) is 58.0 Å². The van der Waals surface area contributed by atoms with Gasteiger partial charge in [0.25, 0.3) is 0 Å². The largest absolute Gasteiger partial charge is 0.391 e. The summed E-state index contributed by atoms with van der Waals surface area (Å²) in [6.45, 7) is 1.83. The minimum absolute atomic E-state index is 0.182. The minimum Gasteiger partial charge on any atom is -0.391 e. The third-order valence-electron chi connectivity index (χ3n) is 3.90. The van der Waals surface area contributed by atoms with Crippen molar-refractivity contribution in [2.24, 2.45) is 0 Å². The van der Waals surface area contributed by atoms with Crippen LogP contribution in [0.1, 0.15) is 44.6 Å². The van der Waals surface area contributed by atoms with Crippen molar-refractivity contribution in [3.05, 3.63) is 17.0 Å². The molecule has 21 heavy (non-hydrogen) atoms. The van der Waals surface area contributed by atoms with Gasteiger partial charge in [-0.2, -0.15) is 4.98 Å². The molecule has 1 saturated carbocycles. The van der Waals surface area contributed by atoms with E-state index in [2.05, 4.69) is 47.7 Å². The fraction of sp³-hybridized carbons (Fsp3) is 0.571. The predicted molar refractivity (Wildman–Crippen MR) is 96.7 cm³/mol. The van der Waals surface area contributed by atoms with Crippen molar-refractivity contribution in [2.45, 2.75) is 50.7 Å². The fourth-order valence-electron chi connectivity index (χ4n) is 2.69. The van der Waals surface area contributed by atoms with Crippen molar-refractivity contribution in [2.75, 3.05) is 5.32 Å². The molecule has 0 aromatic carbocycles. The van der Waals surface area contributed by atoms with Gasteiger partial charge in [0.2, 0.25) is 5.28 Å². The Hall–Kier alpha value is -0.230. The molecule has 0 amide bonds. The number of rotatable bonds is 3. The molecule has 1 aliphatic rings. The fourth-order valence-corrected chi connectivity index (χ4v) is 3.30. The molecule has 1 atom stereocenters. The first kappa shape index (κ1) is 17.1. The van der Waals surface area contributed by atoms with Crippen LogP contribution < -0.4 is 5.32 Å². The Morgan fingerprint density at radius 3 is 2.81 bits per heavy atom. The first-order chi connectivity index (χ1) is 10.1. The Labute approximate surface area is 146 Å². The predicted octanol–water partition coefficient (Wildman–Crippen LogP) is 4.02. The van der Waals surface area contributed by atoms with Crippen LogP contribution >= 0.6 is 41.7 Å². The van der Waals surface area contributed by atoms with Gasteiger partial charge in [-0.05, 0) is 51.5 Å². The average molecular weight is 438 g/mol. The zero-order valence-electron chi connectivity index (χ0n) is 11.7. The molecule has 7 heteroatoms. The summed E-state index contributed by atoms with van der Waals surface area (Å²) in [7, 11) is 1.40. The number of hydrogen-bond acceptors (Lipinski definition) is 5. The summed E-state index contributed by atoms with van der Waals surface area (Å²) in [5, 5.41) is 16.8. The molecule has 0 bridgehead atoms. The molecule has 1 heterocycles. The summed E-state index contributed by atoms with van der Waals surface area (Å²) in [5.74, 6) is 3.62. The van der Waals surface area contributed by atoms with Gasteiger partial charge >= 0.3 is 0 Å². The number of halogens is 2. The Balaban J connectivity index is 2.33. The summed E-state index contributed by atoms with van der Waals surface area (Å²) in [6.07, 6.45) is 6.39. The third-order valence-corrected chi connectivity index (χ3v) is 4.92. The lowest BCUT2D eigenvalue weighted by Gasteiger charge is -2.41. The number of aliphatic hydroxyl groups excluding tert-OH is 1. The second-order valence-corrected chi connectivity index (χ2v) is 7.24. The maximum atomic E-state index is 10.2. The van der Waals surface area contributed by atoms with Crippen LogP contribution in [-0.2, 0) is 0 Å². The highest BCUT2D eigenvalue weighted by molar-refractivity contribution is 14.2. The first-order valence-corrected chi connectivity index (χ1v) is 10.6. The molecule has 1 fully saturated rings. The van der Waals surface area contributed by atoms with Crippen molar-refractivity contribution in [3.63, 3.8) is 0 Å². The van der Waals surface area contributed by atoms with Gasteiger partial charge in [0.15, 0.2) is 0 Å². The van der Waals surface area contributed by atoms with Crippen LogP contribution in [0.2, 0.25) is 5.28 Å². The first-order valence-electron chi connectivity index (χ1n) is 6.85. The summed E-state index contributed by atoms with van der Waals surface area (Å²) >= 11 is 8.03. The van der Waals surface area contributed by atoms with Crippen molar-refractivity contribution < 1.29 is 5.11 Å². The summed E-state index contributed by atoms with van der Waals surface area (Å²) < 4.78 is 0. The van der Waals surface area contributed by atoms with Gasteiger partial charge < -0.3 is 10.4 Å². The molecule has 1 unspecified atom stereocenters. The molecule has 0 radical (unpaired) electrons. The van der Waals surface area contributed by atoms with E-state index in [9.17, 15) is 5.11 Å². The standard InChI is InChI=1S/C14H17ClIN3OS/c1-10(20)14(6-3-2-4-7-14)19-12-11(5-8-21-16)9-17-13(15)18-12/h9-10,20H,2-4,6-7H2,1H3,(H,17,18,19). The van der Waals surface area contributed by atoms with Crippen molar-refractivity contribution >= 4 is 47.6 Å². The van der Waals surface area contributed by atoms with E-state index >= 15 is 0 Å². The lowest BCUT2D eigenvalue weighted by Crippen LogP contribution is -2.49. The summed E-state index contributed by atoms with van der Waals surface area (Å²) in [4.78, 5) is 8.26. The average Bonchev–Trinajstić information content (AvgIpc) is 2.47. The number of nitrogens with zero attached hydrogens (tertiary/aromatic N) is 2.